The monoisotopic (exact) mass is 393 g/mol. The Bertz CT molecular complexity index is 966. The van der Waals surface area contributed by atoms with Crippen molar-refractivity contribution in [3.63, 3.8) is 0 Å². The largest absolute Gasteiger partial charge is 0.462 e. The van der Waals surface area contributed by atoms with Gasteiger partial charge in [-0.05, 0) is 49.6 Å². The first-order valence-electron chi connectivity index (χ1n) is 9.88. The predicted molar refractivity (Wildman–Crippen MR) is 109 cm³/mol. The van der Waals surface area contributed by atoms with Crippen molar-refractivity contribution in [3.05, 3.63) is 71.8 Å². The van der Waals surface area contributed by atoms with Crippen LogP contribution >= 0.6 is 0 Å². The molecule has 5 heteroatoms. The second-order valence-corrected chi connectivity index (χ2v) is 7.86. The van der Waals surface area contributed by atoms with Gasteiger partial charge in [-0.2, -0.15) is 0 Å². The number of esters is 1. The number of hydrogen-bond donors (Lipinski definition) is 1. The third kappa shape index (κ3) is 3.75. The van der Waals surface area contributed by atoms with Crippen LogP contribution in [0.3, 0.4) is 0 Å². The highest BCUT2D eigenvalue weighted by atomic mass is 19.1. The maximum absolute atomic E-state index is 13.4. The van der Waals surface area contributed by atoms with Gasteiger partial charge >= 0.3 is 5.97 Å². The first-order valence-corrected chi connectivity index (χ1v) is 9.88. The number of aliphatic hydroxyl groups excluding tert-OH is 1. The van der Waals surface area contributed by atoms with E-state index in [1.807, 2.05) is 50.3 Å². The number of rotatable bonds is 4. The number of ether oxygens (including phenoxy) is 1. The molecule has 2 aliphatic rings. The molecule has 1 saturated heterocycles. The first kappa shape index (κ1) is 19.5. The lowest BCUT2D eigenvalue weighted by molar-refractivity contribution is -0.142. The highest BCUT2D eigenvalue weighted by Gasteiger charge is 2.49. The Balaban J connectivity index is 1.58. The van der Waals surface area contributed by atoms with Gasteiger partial charge in [0.2, 0.25) is 0 Å². The topological polar surface area (TPSA) is 59.4 Å². The number of aromatic nitrogens is 1. The maximum atomic E-state index is 13.4. The van der Waals surface area contributed by atoms with E-state index < -0.39 is 0 Å². The Kier molecular flexibility index (Phi) is 5.33. The highest BCUT2D eigenvalue weighted by Crippen LogP contribution is 2.45. The Morgan fingerprint density at radius 2 is 2.07 bits per heavy atom. The van der Waals surface area contributed by atoms with E-state index in [4.69, 9.17) is 4.74 Å². The summed E-state index contributed by atoms with van der Waals surface area (Å²) >= 11 is 0. The lowest BCUT2D eigenvalue weighted by Crippen LogP contribution is -2.36. The molecule has 5 atom stereocenters. The van der Waals surface area contributed by atoms with Crippen molar-refractivity contribution in [1.82, 2.24) is 4.98 Å². The molecule has 150 valence electrons. The summed E-state index contributed by atoms with van der Waals surface area (Å²) in [5, 5.41) is 9.94. The Hall–Kier alpha value is -2.79. The Morgan fingerprint density at radius 1 is 1.24 bits per heavy atom. The molecule has 1 N–H and O–H groups in total. The average Bonchev–Trinajstić information content (AvgIpc) is 2.99. The van der Waals surface area contributed by atoms with Crippen LogP contribution in [0, 0.1) is 29.5 Å². The van der Waals surface area contributed by atoms with Crippen LogP contribution in [0.4, 0.5) is 4.39 Å². The number of aliphatic hydroxyl groups is 1. The summed E-state index contributed by atoms with van der Waals surface area (Å²) in [5.74, 6) is -0.775. The molecule has 4 rings (SSSR count). The second kappa shape index (κ2) is 7.91. The van der Waals surface area contributed by atoms with Gasteiger partial charge in [-0.3, -0.25) is 9.78 Å². The summed E-state index contributed by atoms with van der Waals surface area (Å²) < 4.78 is 18.9. The number of carbonyl (C=O) groups excluding carboxylic acids is 1. The number of nitrogens with zero attached hydrogens (tertiary/aromatic N) is 1. The van der Waals surface area contributed by atoms with Crippen LogP contribution in [0.2, 0.25) is 0 Å². The molecule has 0 spiro atoms. The van der Waals surface area contributed by atoms with Crippen molar-refractivity contribution < 1.29 is 19.0 Å². The molecular formula is C24H24FNO3. The van der Waals surface area contributed by atoms with Crippen molar-refractivity contribution in [2.75, 3.05) is 6.61 Å². The van der Waals surface area contributed by atoms with Crippen molar-refractivity contribution in [2.24, 2.45) is 23.7 Å². The average molecular weight is 393 g/mol. The van der Waals surface area contributed by atoms with Gasteiger partial charge in [-0.15, -0.1) is 0 Å². The quantitative estimate of drug-likeness (QED) is 0.623. The normalized spacial score (nSPS) is 28.9. The fraction of sp³-hybridized carbons (Fsp3) is 0.333. The fourth-order valence-electron chi connectivity index (χ4n) is 4.58. The van der Waals surface area contributed by atoms with Crippen molar-refractivity contribution in [2.45, 2.75) is 20.0 Å². The Morgan fingerprint density at radius 3 is 2.76 bits per heavy atom. The molecule has 0 radical (unpaired) electrons. The molecule has 4 nitrogen and oxygen atoms in total. The maximum Gasteiger partial charge on any atom is 0.313 e. The minimum absolute atomic E-state index is 0.00571. The number of fused-ring (bicyclic) bond motifs is 1. The molecule has 1 aromatic heterocycles. The Labute approximate surface area is 169 Å². The molecule has 29 heavy (non-hydrogen) atoms. The summed E-state index contributed by atoms with van der Waals surface area (Å²) in [6.45, 7) is 3.89. The van der Waals surface area contributed by atoms with Crippen LogP contribution in [0.1, 0.15) is 19.5 Å². The van der Waals surface area contributed by atoms with Gasteiger partial charge in [0.15, 0.2) is 0 Å². The number of cyclic esters (lactones) is 1. The molecule has 2 heterocycles. The molecule has 0 amide bonds. The highest BCUT2D eigenvalue weighted by molar-refractivity contribution is 5.78. The van der Waals surface area contributed by atoms with Gasteiger partial charge in [-0.1, -0.05) is 35.9 Å². The smallest absolute Gasteiger partial charge is 0.313 e. The molecule has 1 fully saturated rings. The predicted octanol–water partition coefficient (Wildman–Crippen LogP) is 4.26. The molecule has 0 saturated carbocycles. The second-order valence-electron chi connectivity index (χ2n) is 7.86. The molecule has 1 aliphatic heterocycles. The van der Waals surface area contributed by atoms with E-state index in [-0.39, 0.29) is 48.2 Å². The van der Waals surface area contributed by atoms with Crippen LogP contribution in [0.15, 0.2) is 60.3 Å². The zero-order chi connectivity index (χ0) is 20.5. The molecular weight excluding hydrogens is 369 g/mol. The molecule has 1 aliphatic carbocycles. The third-order valence-electron chi connectivity index (χ3n) is 6.10. The zero-order valence-electron chi connectivity index (χ0n) is 16.5. The van der Waals surface area contributed by atoms with E-state index in [2.05, 4.69) is 4.98 Å². The van der Waals surface area contributed by atoms with E-state index in [9.17, 15) is 14.3 Å². The van der Waals surface area contributed by atoms with E-state index in [1.54, 1.807) is 12.3 Å². The molecule has 0 bridgehead atoms. The lowest BCUT2D eigenvalue weighted by Gasteiger charge is -2.36. The van der Waals surface area contributed by atoms with E-state index in [0.717, 1.165) is 22.4 Å². The van der Waals surface area contributed by atoms with E-state index >= 15 is 0 Å². The van der Waals surface area contributed by atoms with Gasteiger partial charge in [-0.25, -0.2) is 4.39 Å². The number of benzene rings is 1. The third-order valence-corrected chi connectivity index (χ3v) is 6.10. The van der Waals surface area contributed by atoms with Crippen molar-refractivity contribution in [1.29, 1.82) is 0 Å². The summed E-state index contributed by atoms with van der Waals surface area (Å²) in [7, 11) is 0. The fourth-order valence-corrected chi connectivity index (χ4v) is 4.58. The summed E-state index contributed by atoms with van der Waals surface area (Å²) in [6.07, 6.45) is 7.45. The lowest BCUT2D eigenvalue weighted by atomic mass is 9.67. The number of hydrogen-bond acceptors (Lipinski definition) is 4. The minimum Gasteiger partial charge on any atom is -0.462 e. The van der Waals surface area contributed by atoms with E-state index in [1.165, 1.54) is 12.1 Å². The van der Waals surface area contributed by atoms with Gasteiger partial charge in [0.1, 0.15) is 11.9 Å². The molecule has 2 aromatic rings. The number of pyridine rings is 1. The van der Waals surface area contributed by atoms with Crippen molar-refractivity contribution >= 4 is 12.0 Å². The minimum atomic E-state index is -0.278. The van der Waals surface area contributed by atoms with Gasteiger partial charge in [0.25, 0.3) is 0 Å². The van der Waals surface area contributed by atoms with Crippen LogP contribution in [0.25, 0.3) is 17.2 Å². The molecule has 1 aromatic carbocycles. The summed E-state index contributed by atoms with van der Waals surface area (Å²) in [6, 6.07) is 10.2. The van der Waals surface area contributed by atoms with Crippen LogP contribution < -0.4 is 0 Å². The standard InChI is InChI=1S/C24H24FNO3/c1-14-10-21-23(15(2)29-24(21)28)20(22(14)13-27)9-8-19-7-6-17(12-26-19)16-4-3-5-18(25)11-16/h3-12,15,20-23,27H,13H2,1-2H3/b9-8+/t15-,20?,21?,22?,23?/m1/s1. The van der Waals surface area contributed by atoms with E-state index in [0.29, 0.717) is 0 Å². The number of halogens is 1. The van der Waals surface area contributed by atoms with Gasteiger partial charge in [0, 0.05) is 23.6 Å². The van der Waals surface area contributed by atoms with Gasteiger partial charge < -0.3 is 9.84 Å². The van der Waals surface area contributed by atoms with Crippen LogP contribution in [-0.2, 0) is 9.53 Å². The van der Waals surface area contributed by atoms with Crippen LogP contribution in [-0.4, -0.2) is 28.8 Å². The van der Waals surface area contributed by atoms with Gasteiger partial charge in [0.05, 0.1) is 18.2 Å². The number of allylic oxidation sites excluding steroid dienone is 1. The zero-order valence-corrected chi connectivity index (χ0v) is 16.5. The number of carbonyl (C=O) groups is 1. The summed E-state index contributed by atoms with van der Waals surface area (Å²) in [4.78, 5) is 16.7. The summed E-state index contributed by atoms with van der Waals surface area (Å²) in [5.41, 5.74) is 3.40. The van der Waals surface area contributed by atoms with Crippen molar-refractivity contribution in [3.8, 4) is 11.1 Å². The first-order chi connectivity index (χ1) is 14.0. The van der Waals surface area contributed by atoms with Crippen LogP contribution in [0.5, 0.6) is 0 Å². The molecule has 4 unspecified atom stereocenters. The SMILES string of the molecule is CC1=CC2C(=O)O[C@H](C)C2C(/C=C/c2ccc(-c3cccc(F)c3)cn2)C1CO.